The van der Waals surface area contributed by atoms with E-state index in [4.69, 9.17) is 9.26 Å². The van der Waals surface area contributed by atoms with Gasteiger partial charge in [-0.05, 0) is 30.0 Å². The Morgan fingerprint density at radius 3 is 2.39 bits per heavy atom. The summed E-state index contributed by atoms with van der Waals surface area (Å²) in [6, 6.07) is 8.73. The first kappa shape index (κ1) is 16.7. The van der Waals surface area contributed by atoms with Crippen LogP contribution in [0, 0.1) is 6.92 Å². The largest absolute Gasteiger partial charge is 0.452 e. The molecule has 2 rings (SSSR count). The van der Waals surface area contributed by atoms with Gasteiger partial charge in [-0.2, -0.15) is 0 Å². The number of esters is 1. The lowest BCUT2D eigenvalue weighted by Gasteiger charge is -2.18. The van der Waals surface area contributed by atoms with Crippen molar-refractivity contribution < 1.29 is 18.8 Å². The molecule has 0 unspecified atom stereocenters. The number of aromatic nitrogens is 1. The summed E-state index contributed by atoms with van der Waals surface area (Å²) >= 11 is 0. The van der Waals surface area contributed by atoms with E-state index in [0.29, 0.717) is 11.3 Å². The van der Waals surface area contributed by atoms with Gasteiger partial charge in [-0.25, -0.2) is 4.79 Å². The highest BCUT2D eigenvalue weighted by Crippen LogP contribution is 2.22. The fraction of sp³-hybridized carbons (Fsp3) is 0.353. The second-order valence-electron chi connectivity index (χ2n) is 6.27. The zero-order valence-electron chi connectivity index (χ0n) is 13.7. The Labute approximate surface area is 134 Å². The van der Waals surface area contributed by atoms with E-state index in [2.05, 4.69) is 31.2 Å². The topological polar surface area (TPSA) is 81.4 Å². The standard InChI is InChI=1S/C17H20N2O4/c1-11-9-14(19-23-11)18-15(20)10-22-16(21)12-5-7-13(8-6-12)17(2,3)4/h5-9H,10H2,1-4H3,(H,18,19,20). The van der Waals surface area contributed by atoms with Gasteiger partial charge in [0, 0.05) is 6.07 Å². The van der Waals surface area contributed by atoms with Crippen molar-refractivity contribution in [2.45, 2.75) is 33.1 Å². The van der Waals surface area contributed by atoms with Crippen LogP contribution in [0.1, 0.15) is 42.5 Å². The molecule has 0 fully saturated rings. The van der Waals surface area contributed by atoms with Crippen LogP contribution in [-0.2, 0) is 14.9 Å². The Bertz CT molecular complexity index is 696. The predicted octanol–water partition coefficient (Wildman–Crippen LogP) is 3.08. The summed E-state index contributed by atoms with van der Waals surface area (Å²) in [6.45, 7) is 7.61. The first-order valence-corrected chi connectivity index (χ1v) is 7.26. The average Bonchev–Trinajstić information content (AvgIpc) is 2.89. The third kappa shape index (κ3) is 4.67. The lowest BCUT2D eigenvalue weighted by molar-refractivity contribution is -0.119. The van der Waals surface area contributed by atoms with Gasteiger partial charge in [-0.15, -0.1) is 0 Å². The molecule has 6 heteroatoms. The Morgan fingerprint density at radius 1 is 1.22 bits per heavy atom. The van der Waals surface area contributed by atoms with E-state index in [1.807, 2.05) is 12.1 Å². The van der Waals surface area contributed by atoms with E-state index in [0.717, 1.165) is 5.56 Å². The van der Waals surface area contributed by atoms with Gasteiger partial charge in [0.15, 0.2) is 12.4 Å². The van der Waals surface area contributed by atoms with Gasteiger partial charge >= 0.3 is 5.97 Å². The Morgan fingerprint density at radius 2 is 1.87 bits per heavy atom. The smallest absolute Gasteiger partial charge is 0.338 e. The summed E-state index contributed by atoms with van der Waals surface area (Å²) in [4.78, 5) is 23.6. The molecule has 2 aromatic rings. The number of benzene rings is 1. The quantitative estimate of drug-likeness (QED) is 0.877. The maximum atomic E-state index is 11.9. The second kappa shape index (κ2) is 6.64. The highest BCUT2D eigenvalue weighted by Gasteiger charge is 2.15. The molecule has 0 atom stereocenters. The number of anilines is 1. The van der Waals surface area contributed by atoms with Crippen molar-refractivity contribution in [2.75, 3.05) is 11.9 Å². The minimum absolute atomic E-state index is 0.0120. The number of amides is 1. The SMILES string of the molecule is Cc1cc(NC(=O)COC(=O)c2ccc(C(C)(C)C)cc2)no1. The molecule has 0 bridgehead atoms. The molecule has 1 N–H and O–H groups in total. The summed E-state index contributed by atoms with van der Waals surface area (Å²) in [5.74, 6) is -0.149. The first-order valence-electron chi connectivity index (χ1n) is 7.26. The van der Waals surface area contributed by atoms with E-state index in [-0.39, 0.29) is 17.8 Å². The van der Waals surface area contributed by atoms with Gasteiger partial charge in [-0.3, -0.25) is 4.79 Å². The molecule has 0 aliphatic rings. The van der Waals surface area contributed by atoms with Gasteiger partial charge in [0.1, 0.15) is 5.76 Å². The summed E-state index contributed by atoms with van der Waals surface area (Å²) in [5, 5.41) is 6.10. The number of hydrogen-bond acceptors (Lipinski definition) is 5. The molecule has 0 saturated carbocycles. The van der Waals surface area contributed by atoms with E-state index < -0.39 is 11.9 Å². The summed E-state index contributed by atoms with van der Waals surface area (Å²) in [5.41, 5.74) is 1.54. The molecular weight excluding hydrogens is 296 g/mol. The molecule has 1 heterocycles. The second-order valence-corrected chi connectivity index (χ2v) is 6.27. The van der Waals surface area contributed by atoms with E-state index >= 15 is 0 Å². The van der Waals surface area contributed by atoms with Gasteiger partial charge in [0.05, 0.1) is 5.56 Å². The van der Waals surface area contributed by atoms with Crippen LogP contribution in [0.2, 0.25) is 0 Å². The van der Waals surface area contributed by atoms with E-state index in [9.17, 15) is 9.59 Å². The van der Waals surface area contributed by atoms with E-state index in [1.54, 1.807) is 25.1 Å². The molecule has 23 heavy (non-hydrogen) atoms. The number of nitrogens with zero attached hydrogens (tertiary/aromatic N) is 1. The van der Waals surface area contributed by atoms with Crippen molar-refractivity contribution in [2.24, 2.45) is 0 Å². The van der Waals surface area contributed by atoms with Crippen LogP contribution in [-0.4, -0.2) is 23.6 Å². The lowest BCUT2D eigenvalue weighted by atomic mass is 9.87. The fourth-order valence-corrected chi connectivity index (χ4v) is 1.92. The van der Waals surface area contributed by atoms with Crippen molar-refractivity contribution in [3.63, 3.8) is 0 Å². The van der Waals surface area contributed by atoms with Crippen LogP contribution in [0.25, 0.3) is 0 Å². The monoisotopic (exact) mass is 316 g/mol. The minimum atomic E-state index is -0.544. The zero-order valence-corrected chi connectivity index (χ0v) is 13.7. The fourth-order valence-electron chi connectivity index (χ4n) is 1.92. The maximum Gasteiger partial charge on any atom is 0.338 e. The lowest BCUT2D eigenvalue weighted by Crippen LogP contribution is -2.21. The molecular formula is C17H20N2O4. The van der Waals surface area contributed by atoms with Gasteiger partial charge in [0.25, 0.3) is 5.91 Å². The molecule has 0 saturated heterocycles. The molecule has 1 amide bonds. The number of ether oxygens (including phenoxy) is 1. The van der Waals surface area contributed by atoms with Gasteiger partial charge in [0.2, 0.25) is 0 Å². The van der Waals surface area contributed by atoms with Crippen molar-refractivity contribution >= 4 is 17.7 Å². The minimum Gasteiger partial charge on any atom is -0.452 e. The molecule has 6 nitrogen and oxygen atoms in total. The molecule has 0 aliphatic heterocycles. The molecule has 122 valence electrons. The highest BCUT2D eigenvalue weighted by molar-refractivity contribution is 5.95. The molecule has 0 radical (unpaired) electrons. The van der Waals surface area contributed by atoms with Crippen molar-refractivity contribution in [3.8, 4) is 0 Å². The van der Waals surface area contributed by atoms with Crippen LogP contribution >= 0.6 is 0 Å². The number of aryl methyl sites for hydroxylation is 1. The Kier molecular flexibility index (Phi) is 4.83. The van der Waals surface area contributed by atoms with Crippen molar-refractivity contribution in [1.29, 1.82) is 0 Å². The number of hydrogen-bond donors (Lipinski definition) is 1. The van der Waals surface area contributed by atoms with Crippen LogP contribution in [0.15, 0.2) is 34.9 Å². The zero-order chi connectivity index (χ0) is 17.0. The normalized spacial score (nSPS) is 11.1. The number of nitrogens with one attached hydrogen (secondary N) is 1. The van der Waals surface area contributed by atoms with Crippen molar-refractivity contribution in [3.05, 3.63) is 47.2 Å². The van der Waals surface area contributed by atoms with Crippen molar-refractivity contribution in [1.82, 2.24) is 5.16 Å². The third-order valence-corrected chi connectivity index (χ3v) is 3.22. The van der Waals surface area contributed by atoms with Crippen LogP contribution in [0.5, 0.6) is 0 Å². The number of rotatable bonds is 4. The predicted molar refractivity (Wildman–Crippen MR) is 85.3 cm³/mol. The summed E-state index contributed by atoms with van der Waals surface area (Å²) in [6.07, 6.45) is 0. The van der Waals surface area contributed by atoms with E-state index in [1.165, 1.54) is 0 Å². The van der Waals surface area contributed by atoms with Crippen LogP contribution in [0.3, 0.4) is 0 Å². The average molecular weight is 316 g/mol. The molecule has 0 spiro atoms. The molecule has 1 aromatic carbocycles. The Hall–Kier alpha value is -2.63. The first-order chi connectivity index (χ1) is 10.8. The number of carbonyl (C=O) groups is 2. The van der Waals surface area contributed by atoms with Gasteiger partial charge < -0.3 is 14.6 Å². The third-order valence-electron chi connectivity index (χ3n) is 3.22. The molecule has 0 aliphatic carbocycles. The van der Waals surface area contributed by atoms with Crippen LogP contribution in [0.4, 0.5) is 5.82 Å². The van der Waals surface area contributed by atoms with Crippen LogP contribution < -0.4 is 5.32 Å². The summed E-state index contributed by atoms with van der Waals surface area (Å²) in [7, 11) is 0. The highest BCUT2D eigenvalue weighted by atomic mass is 16.5. The number of carbonyl (C=O) groups excluding carboxylic acids is 2. The molecule has 1 aromatic heterocycles. The van der Waals surface area contributed by atoms with Gasteiger partial charge in [-0.1, -0.05) is 38.1 Å². The Balaban J connectivity index is 1.88. The summed E-state index contributed by atoms with van der Waals surface area (Å²) < 4.78 is 9.81. The maximum absolute atomic E-state index is 11.9.